The van der Waals surface area contributed by atoms with Crippen LogP contribution in [0.4, 0.5) is 4.39 Å². The van der Waals surface area contributed by atoms with E-state index in [0.29, 0.717) is 19.4 Å². The van der Waals surface area contributed by atoms with Crippen LogP contribution in [0.15, 0.2) is 0 Å². The van der Waals surface area contributed by atoms with Crippen molar-refractivity contribution in [1.29, 1.82) is 0 Å². The van der Waals surface area contributed by atoms with Crippen molar-refractivity contribution in [3.63, 3.8) is 0 Å². The Hall–Kier alpha value is -0.520. The number of rotatable bonds is 9. The first-order chi connectivity index (χ1) is 10.8. The van der Waals surface area contributed by atoms with E-state index in [-0.39, 0.29) is 12.0 Å². The maximum absolute atomic E-state index is 14.3. The normalized spacial score (nSPS) is 28.1. The molecule has 138 valence electrons. The number of hydrogen-bond donors (Lipinski definition) is 1. The SMILES string of the molecule is CC1(F)CN(CCCCCCC=O)CC(C)(CO)C1.CCOC. The lowest BCUT2D eigenvalue weighted by atomic mass is 9.76. The lowest BCUT2D eigenvalue weighted by Gasteiger charge is -2.45. The molecule has 5 heteroatoms. The fourth-order valence-electron chi connectivity index (χ4n) is 3.24. The first kappa shape index (κ1) is 22.5. The van der Waals surface area contributed by atoms with Gasteiger partial charge in [0.05, 0.1) is 0 Å². The fourth-order valence-corrected chi connectivity index (χ4v) is 3.24. The summed E-state index contributed by atoms with van der Waals surface area (Å²) in [5.74, 6) is 0. The summed E-state index contributed by atoms with van der Waals surface area (Å²) in [5, 5.41) is 9.44. The highest BCUT2D eigenvalue weighted by Gasteiger charge is 2.42. The number of alkyl halides is 1. The molecule has 1 rings (SSSR count). The van der Waals surface area contributed by atoms with Gasteiger partial charge < -0.3 is 14.6 Å². The molecule has 23 heavy (non-hydrogen) atoms. The Balaban J connectivity index is 0.00000108. The van der Waals surface area contributed by atoms with Crippen LogP contribution < -0.4 is 0 Å². The summed E-state index contributed by atoms with van der Waals surface area (Å²) in [6, 6.07) is 0. The topological polar surface area (TPSA) is 49.8 Å². The third kappa shape index (κ3) is 10.8. The van der Waals surface area contributed by atoms with Gasteiger partial charge in [-0.2, -0.15) is 0 Å². The van der Waals surface area contributed by atoms with Gasteiger partial charge in [0.2, 0.25) is 0 Å². The van der Waals surface area contributed by atoms with Gasteiger partial charge in [-0.15, -0.1) is 0 Å². The Morgan fingerprint density at radius 3 is 2.35 bits per heavy atom. The summed E-state index contributed by atoms with van der Waals surface area (Å²) in [5.41, 5.74) is -1.52. The van der Waals surface area contributed by atoms with Gasteiger partial charge in [-0.25, -0.2) is 4.39 Å². The summed E-state index contributed by atoms with van der Waals surface area (Å²) >= 11 is 0. The number of methoxy groups -OCH3 is 1. The number of unbranched alkanes of at least 4 members (excludes halogenated alkanes) is 4. The predicted molar refractivity (Wildman–Crippen MR) is 92.5 cm³/mol. The van der Waals surface area contributed by atoms with Crippen LogP contribution in [-0.2, 0) is 9.53 Å². The minimum atomic E-state index is -1.20. The Kier molecular flexibility index (Phi) is 11.7. The maximum atomic E-state index is 14.3. The van der Waals surface area contributed by atoms with Crippen LogP contribution in [0.1, 0.15) is 59.3 Å². The van der Waals surface area contributed by atoms with Gasteiger partial charge in [-0.1, -0.05) is 19.8 Å². The maximum Gasteiger partial charge on any atom is 0.121 e. The summed E-state index contributed by atoms with van der Waals surface area (Å²) in [6.45, 7) is 8.55. The third-order valence-electron chi connectivity index (χ3n) is 4.17. The molecule has 1 N–H and O–H groups in total. The Morgan fingerprint density at radius 1 is 1.22 bits per heavy atom. The molecule has 0 saturated carbocycles. The number of carbonyl (C=O) groups is 1. The molecular formula is C18H36FNO3. The zero-order valence-corrected chi connectivity index (χ0v) is 15.4. The fraction of sp³-hybridized carbons (Fsp3) is 0.944. The van der Waals surface area contributed by atoms with Crippen molar-refractivity contribution in [1.82, 2.24) is 4.90 Å². The largest absolute Gasteiger partial charge is 0.396 e. The van der Waals surface area contributed by atoms with E-state index in [4.69, 9.17) is 0 Å². The van der Waals surface area contributed by atoms with E-state index < -0.39 is 5.67 Å². The number of nitrogens with zero attached hydrogens (tertiary/aromatic N) is 1. The average molecular weight is 333 g/mol. The number of carbonyl (C=O) groups excluding carboxylic acids is 1. The molecule has 0 amide bonds. The van der Waals surface area contributed by atoms with E-state index >= 15 is 0 Å². The monoisotopic (exact) mass is 333 g/mol. The molecular weight excluding hydrogens is 297 g/mol. The predicted octanol–water partition coefficient (Wildman–Crippen LogP) is 3.22. The first-order valence-electron chi connectivity index (χ1n) is 8.77. The Morgan fingerprint density at radius 2 is 1.83 bits per heavy atom. The molecule has 1 aliphatic heterocycles. The van der Waals surface area contributed by atoms with Gasteiger partial charge in [0, 0.05) is 45.2 Å². The van der Waals surface area contributed by atoms with Crippen LogP contribution in [0.2, 0.25) is 0 Å². The van der Waals surface area contributed by atoms with E-state index in [2.05, 4.69) is 9.64 Å². The molecule has 0 bridgehead atoms. The number of aliphatic hydroxyl groups is 1. The number of halogens is 1. The molecule has 1 heterocycles. The van der Waals surface area contributed by atoms with Gasteiger partial charge in [0.1, 0.15) is 12.0 Å². The second kappa shape index (κ2) is 11.9. The molecule has 0 radical (unpaired) electrons. The molecule has 1 fully saturated rings. The van der Waals surface area contributed by atoms with Gasteiger partial charge in [-0.05, 0) is 39.7 Å². The minimum Gasteiger partial charge on any atom is -0.396 e. The van der Waals surface area contributed by atoms with Crippen molar-refractivity contribution in [2.45, 2.75) is 65.0 Å². The van der Waals surface area contributed by atoms with E-state index in [0.717, 1.165) is 51.7 Å². The van der Waals surface area contributed by atoms with Crippen LogP contribution in [0, 0.1) is 5.41 Å². The van der Waals surface area contributed by atoms with Crippen molar-refractivity contribution in [3.05, 3.63) is 0 Å². The average Bonchev–Trinajstić information content (AvgIpc) is 2.49. The molecule has 1 saturated heterocycles. The van der Waals surface area contributed by atoms with Crippen molar-refractivity contribution in [2.24, 2.45) is 5.41 Å². The molecule has 2 unspecified atom stereocenters. The van der Waals surface area contributed by atoms with E-state index in [1.54, 1.807) is 14.0 Å². The molecule has 4 nitrogen and oxygen atoms in total. The van der Waals surface area contributed by atoms with Gasteiger partial charge >= 0.3 is 0 Å². The van der Waals surface area contributed by atoms with Gasteiger partial charge in [0.15, 0.2) is 0 Å². The highest BCUT2D eigenvalue weighted by Crippen LogP contribution is 2.37. The molecule has 0 aromatic heterocycles. The lowest BCUT2D eigenvalue weighted by molar-refractivity contribution is -0.107. The number of piperidine rings is 1. The van der Waals surface area contributed by atoms with Gasteiger partial charge in [0.25, 0.3) is 0 Å². The Labute approximate surface area is 141 Å². The van der Waals surface area contributed by atoms with Crippen LogP contribution in [0.5, 0.6) is 0 Å². The van der Waals surface area contributed by atoms with Crippen LogP contribution >= 0.6 is 0 Å². The van der Waals surface area contributed by atoms with Crippen molar-refractivity contribution < 1.29 is 19.0 Å². The highest BCUT2D eigenvalue weighted by atomic mass is 19.1. The summed E-state index contributed by atoms with van der Waals surface area (Å²) in [4.78, 5) is 12.3. The zero-order valence-electron chi connectivity index (χ0n) is 15.4. The Bertz CT molecular complexity index is 311. The van der Waals surface area contributed by atoms with Crippen LogP contribution in [0.25, 0.3) is 0 Å². The molecule has 0 spiro atoms. The summed E-state index contributed by atoms with van der Waals surface area (Å²) in [7, 11) is 1.68. The standard InChI is InChI=1S/C15H28FNO2.C3H8O/c1-14(13-19)10-15(2,16)12-17(11-14)8-6-4-3-5-7-9-18;1-3-4-2/h9,19H,3-8,10-13H2,1-2H3;3H2,1-2H3. The van der Waals surface area contributed by atoms with Gasteiger partial charge in [-0.3, -0.25) is 4.90 Å². The first-order valence-corrected chi connectivity index (χ1v) is 8.77. The minimum absolute atomic E-state index is 0.0440. The summed E-state index contributed by atoms with van der Waals surface area (Å²) in [6.07, 6.45) is 6.20. The van der Waals surface area contributed by atoms with E-state index in [1.807, 2.05) is 13.8 Å². The number of aliphatic hydroxyl groups excluding tert-OH is 1. The second-order valence-corrected chi connectivity index (χ2v) is 7.22. The number of ether oxygens (including phenoxy) is 1. The molecule has 2 atom stereocenters. The molecule has 0 aromatic rings. The quantitative estimate of drug-likeness (QED) is 0.520. The lowest BCUT2D eigenvalue weighted by Crippen LogP contribution is -2.53. The smallest absolute Gasteiger partial charge is 0.121 e. The molecule has 0 aliphatic carbocycles. The molecule has 0 aromatic carbocycles. The highest BCUT2D eigenvalue weighted by molar-refractivity contribution is 5.48. The van der Waals surface area contributed by atoms with E-state index in [1.165, 1.54) is 0 Å². The second-order valence-electron chi connectivity index (χ2n) is 7.22. The van der Waals surface area contributed by atoms with Crippen LogP contribution in [-0.4, -0.2) is 61.9 Å². The zero-order chi connectivity index (χ0) is 17.8. The van der Waals surface area contributed by atoms with Crippen molar-refractivity contribution >= 4 is 6.29 Å². The summed E-state index contributed by atoms with van der Waals surface area (Å²) < 4.78 is 18.8. The number of likely N-dealkylation sites (tertiary alicyclic amines) is 1. The van der Waals surface area contributed by atoms with Crippen LogP contribution in [0.3, 0.4) is 0 Å². The van der Waals surface area contributed by atoms with Crippen molar-refractivity contribution in [3.8, 4) is 0 Å². The number of hydrogen-bond acceptors (Lipinski definition) is 4. The van der Waals surface area contributed by atoms with E-state index in [9.17, 15) is 14.3 Å². The van der Waals surface area contributed by atoms with Crippen molar-refractivity contribution in [2.75, 3.05) is 40.0 Å². The number of aldehydes is 1. The third-order valence-corrected chi connectivity index (χ3v) is 4.17. The molecule has 1 aliphatic rings.